The van der Waals surface area contributed by atoms with Gasteiger partial charge in [-0.25, -0.2) is 0 Å². The lowest BCUT2D eigenvalue weighted by atomic mass is 9.98. The lowest BCUT2D eigenvalue weighted by Gasteiger charge is -2.08. The van der Waals surface area contributed by atoms with Crippen LogP contribution >= 0.6 is 11.6 Å². The molecule has 2 heteroatoms. The van der Waals surface area contributed by atoms with Crippen LogP contribution in [-0.4, -0.2) is 11.7 Å². The van der Waals surface area contributed by atoms with Crippen molar-refractivity contribution in [1.29, 1.82) is 0 Å². The maximum absolute atomic E-state index is 9.12. The van der Waals surface area contributed by atoms with Gasteiger partial charge in [-0.05, 0) is 52.8 Å². The fourth-order valence-electron chi connectivity index (χ4n) is 2.63. The molecule has 0 spiro atoms. The Hall–Kier alpha value is -1.31. The van der Waals surface area contributed by atoms with Crippen LogP contribution in [-0.2, 0) is 12.8 Å². The van der Waals surface area contributed by atoms with Crippen molar-refractivity contribution in [3.63, 3.8) is 0 Å². The van der Waals surface area contributed by atoms with Crippen LogP contribution in [0.2, 0.25) is 5.02 Å². The standard InChI is InChI=1S/C15H13ClO/c16-13-4-5-14-12(9-13)8-11-3-1-2-10(6-7-17)15(11)14/h1-5,9,17H,6-8H2. The minimum absolute atomic E-state index is 0.194. The van der Waals surface area contributed by atoms with Crippen molar-refractivity contribution in [2.24, 2.45) is 0 Å². The molecule has 0 radical (unpaired) electrons. The maximum Gasteiger partial charge on any atom is 0.0471 e. The first-order valence-corrected chi connectivity index (χ1v) is 6.18. The van der Waals surface area contributed by atoms with Crippen LogP contribution in [0.25, 0.3) is 11.1 Å². The molecule has 1 aliphatic rings. The second-order valence-electron chi connectivity index (χ2n) is 4.40. The first-order chi connectivity index (χ1) is 8.29. The molecule has 0 unspecified atom stereocenters. The highest BCUT2D eigenvalue weighted by Gasteiger charge is 2.20. The van der Waals surface area contributed by atoms with Crippen LogP contribution in [0.3, 0.4) is 0 Å². The summed E-state index contributed by atoms with van der Waals surface area (Å²) in [5.74, 6) is 0. The summed E-state index contributed by atoms with van der Waals surface area (Å²) < 4.78 is 0. The van der Waals surface area contributed by atoms with Crippen LogP contribution in [0.5, 0.6) is 0 Å². The van der Waals surface area contributed by atoms with E-state index in [-0.39, 0.29) is 6.61 Å². The zero-order chi connectivity index (χ0) is 11.8. The zero-order valence-corrected chi connectivity index (χ0v) is 10.2. The van der Waals surface area contributed by atoms with Crippen molar-refractivity contribution in [3.05, 3.63) is 58.1 Å². The second-order valence-corrected chi connectivity index (χ2v) is 4.84. The molecule has 2 aromatic rings. The molecular weight excluding hydrogens is 232 g/mol. The van der Waals surface area contributed by atoms with Crippen molar-refractivity contribution < 1.29 is 5.11 Å². The number of benzene rings is 2. The van der Waals surface area contributed by atoms with Gasteiger partial charge in [0.2, 0.25) is 0 Å². The summed E-state index contributed by atoms with van der Waals surface area (Å²) >= 11 is 6.03. The first kappa shape index (κ1) is 10.8. The highest BCUT2D eigenvalue weighted by atomic mass is 35.5. The average Bonchev–Trinajstić information content (AvgIpc) is 2.67. The fraction of sp³-hybridized carbons (Fsp3) is 0.200. The molecule has 0 saturated heterocycles. The summed E-state index contributed by atoms with van der Waals surface area (Å²) in [6, 6.07) is 12.4. The van der Waals surface area contributed by atoms with Crippen LogP contribution in [0.1, 0.15) is 16.7 Å². The number of halogens is 1. The molecule has 0 bridgehead atoms. The van der Waals surface area contributed by atoms with Gasteiger partial charge in [-0.15, -0.1) is 0 Å². The average molecular weight is 245 g/mol. The Kier molecular flexibility index (Phi) is 2.65. The first-order valence-electron chi connectivity index (χ1n) is 5.80. The van der Waals surface area contributed by atoms with Crippen molar-refractivity contribution in [2.45, 2.75) is 12.8 Å². The summed E-state index contributed by atoms with van der Waals surface area (Å²) in [7, 11) is 0. The molecular formula is C15H13ClO. The van der Waals surface area contributed by atoms with E-state index in [4.69, 9.17) is 16.7 Å². The molecule has 0 heterocycles. The third-order valence-corrected chi connectivity index (χ3v) is 3.57. The van der Waals surface area contributed by atoms with E-state index in [2.05, 4.69) is 24.3 Å². The molecule has 0 saturated carbocycles. The summed E-state index contributed by atoms with van der Waals surface area (Å²) in [4.78, 5) is 0. The highest BCUT2D eigenvalue weighted by molar-refractivity contribution is 6.30. The fourth-order valence-corrected chi connectivity index (χ4v) is 2.83. The van der Waals surface area contributed by atoms with Gasteiger partial charge in [0.15, 0.2) is 0 Å². The van der Waals surface area contributed by atoms with E-state index in [1.807, 2.05) is 12.1 Å². The predicted molar refractivity (Wildman–Crippen MR) is 70.5 cm³/mol. The van der Waals surface area contributed by atoms with E-state index in [0.29, 0.717) is 6.42 Å². The van der Waals surface area contributed by atoms with Gasteiger partial charge in [-0.1, -0.05) is 35.9 Å². The van der Waals surface area contributed by atoms with E-state index >= 15 is 0 Å². The second kappa shape index (κ2) is 4.17. The SMILES string of the molecule is OCCc1cccc2c1-c1ccc(Cl)cc1C2. The van der Waals surface area contributed by atoms with Crippen LogP contribution in [0.15, 0.2) is 36.4 Å². The molecule has 0 aromatic heterocycles. The molecule has 3 rings (SSSR count). The quantitative estimate of drug-likeness (QED) is 0.732. The van der Waals surface area contributed by atoms with Crippen molar-refractivity contribution in [2.75, 3.05) is 6.61 Å². The smallest absolute Gasteiger partial charge is 0.0471 e. The van der Waals surface area contributed by atoms with Gasteiger partial charge in [-0.3, -0.25) is 0 Å². The minimum Gasteiger partial charge on any atom is -0.396 e. The molecule has 1 nitrogen and oxygen atoms in total. The number of aliphatic hydroxyl groups is 1. The molecule has 1 aliphatic carbocycles. The molecule has 0 fully saturated rings. The Labute approximate surface area is 106 Å². The lowest BCUT2D eigenvalue weighted by Crippen LogP contribution is -1.94. The molecule has 1 N–H and O–H groups in total. The zero-order valence-electron chi connectivity index (χ0n) is 9.41. The van der Waals surface area contributed by atoms with Gasteiger partial charge in [0.25, 0.3) is 0 Å². The van der Waals surface area contributed by atoms with Crippen molar-refractivity contribution in [1.82, 2.24) is 0 Å². The normalized spacial score (nSPS) is 12.4. The van der Waals surface area contributed by atoms with Gasteiger partial charge >= 0.3 is 0 Å². The van der Waals surface area contributed by atoms with Gasteiger partial charge in [-0.2, -0.15) is 0 Å². The number of aliphatic hydroxyl groups excluding tert-OH is 1. The molecule has 0 atom stereocenters. The topological polar surface area (TPSA) is 20.2 Å². The van der Waals surface area contributed by atoms with E-state index in [1.165, 1.54) is 27.8 Å². The summed E-state index contributed by atoms with van der Waals surface area (Å²) in [5, 5.41) is 9.91. The van der Waals surface area contributed by atoms with Crippen molar-refractivity contribution >= 4 is 11.6 Å². The van der Waals surface area contributed by atoms with Gasteiger partial charge < -0.3 is 5.11 Å². The number of hydrogen-bond donors (Lipinski definition) is 1. The van der Waals surface area contributed by atoms with E-state index in [0.717, 1.165) is 11.4 Å². The van der Waals surface area contributed by atoms with E-state index < -0.39 is 0 Å². The molecule has 17 heavy (non-hydrogen) atoms. The Morgan fingerprint density at radius 1 is 1.12 bits per heavy atom. The number of rotatable bonds is 2. The van der Waals surface area contributed by atoms with E-state index in [9.17, 15) is 0 Å². The number of fused-ring (bicyclic) bond motifs is 3. The lowest BCUT2D eigenvalue weighted by molar-refractivity contribution is 0.300. The summed E-state index contributed by atoms with van der Waals surface area (Å²) in [5.41, 5.74) is 6.43. The van der Waals surface area contributed by atoms with E-state index in [1.54, 1.807) is 0 Å². The highest BCUT2D eigenvalue weighted by Crippen LogP contribution is 2.40. The van der Waals surface area contributed by atoms with Crippen molar-refractivity contribution in [3.8, 4) is 11.1 Å². The van der Waals surface area contributed by atoms with Gasteiger partial charge in [0, 0.05) is 11.6 Å². The predicted octanol–water partition coefficient (Wildman–Crippen LogP) is 3.45. The summed E-state index contributed by atoms with van der Waals surface area (Å²) in [6.45, 7) is 0.194. The Morgan fingerprint density at radius 3 is 2.82 bits per heavy atom. The molecule has 0 amide bonds. The molecule has 0 aliphatic heterocycles. The van der Waals surface area contributed by atoms with Gasteiger partial charge in [0.05, 0.1) is 0 Å². The van der Waals surface area contributed by atoms with Crippen LogP contribution in [0, 0.1) is 0 Å². The minimum atomic E-state index is 0.194. The Bertz CT molecular complexity index is 575. The Balaban J connectivity index is 2.19. The Morgan fingerprint density at radius 2 is 2.00 bits per heavy atom. The molecule has 86 valence electrons. The third kappa shape index (κ3) is 1.76. The third-order valence-electron chi connectivity index (χ3n) is 3.34. The number of hydrogen-bond acceptors (Lipinski definition) is 1. The maximum atomic E-state index is 9.12. The molecule has 2 aromatic carbocycles. The van der Waals surface area contributed by atoms with Gasteiger partial charge in [0.1, 0.15) is 0 Å². The summed E-state index contributed by atoms with van der Waals surface area (Å²) in [6.07, 6.45) is 1.66. The van der Waals surface area contributed by atoms with Crippen LogP contribution in [0.4, 0.5) is 0 Å². The largest absolute Gasteiger partial charge is 0.396 e. The monoisotopic (exact) mass is 244 g/mol. The van der Waals surface area contributed by atoms with Crippen LogP contribution < -0.4 is 0 Å².